The van der Waals surface area contributed by atoms with Crippen LogP contribution in [-0.2, 0) is 0 Å². The number of piperidine rings is 1. The highest BCUT2D eigenvalue weighted by atomic mass is 15.2. The zero-order valence-corrected chi connectivity index (χ0v) is 12.3. The lowest BCUT2D eigenvalue weighted by molar-refractivity contribution is 0.111. The van der Waals surface area contributed by atoms with Crippen molar-refractivity contribution in [3.63, 3.8) is 0 Å². The molecule has 0 radical (unpaired) electrons. The van der Waals surface area contributed by atoms with Gasteiger partial charge in [-0.05, 0) is 37.4 Å². The second-order valence-corrected chi connectivity index (χ2v) is 6.05. The lowest BCUT2D eigenvalue weighted by Crippen LogP contribution is -2.46. The van der Waals surface area contributed by atoms with Crippen molar-refractivity contribution in [1.29, 1.82) is 0 Å². The van der Waals surface area contributed by atoms with Gasteiger partial charge < -0.3 is 5.73 Å². The number of aromatic nitrogens is 1. The minimum atomic E-state index is 0.375. The lowest BCUT2D eigenvalue weighted by atomic mass is 9.87. The Labute approximate surface area is 117 Å². The maximum atomic E-state index is 6.06. The molecule has 1 aliphatic heterocycles. The molecule has 0 spiro atoms. The van der Waals surface area contributed by atoms with Gasteiger partial charge in [0.1, 0.15) is 0 Å². The van der Waals surface area contributed by atoms with Crippen LogP contribution in [0.15, 0.2) is 24.4 Å². The summed E-state index contributed by atoms with van der Waals surface area (Å²) in [5, 5.41) is 0. The highest BCUT2D eigenvalue weighted by Crippen LogP contribution is 2.29. The van der Waals surface area contributed by atoms with Gasteiger partial charge in [-0.15, -0.1) is 0 Å². The topological polar surface area (TPSA) is 42.1 Å². The molecule has 0 bridgehead atoms. The Morgan fingerprint density at radius 1 is 1.37 bits per heavy atom. The zero-order chi connectivity index (χ0) is 13.7. The standard InChI is InChI=1S/C16H27N3/c1-13(2)12-19-10-6-4-8-16(19)14(11-17)15-7-3-5-9-18-15/h3,5,7,9,13-14,16H,4,6,8,10-12,17H2,1-2H3. The molecule has 1 aromatic heterocycles. The van der Waals surface area contributed by atoms with E-state index in [1.165, 1.54) is 32.4 Å². The van der Waals surface area contributed by atoms with Gasteiger partial charge in [0.15, 0.2) is 0 Å². The van der Waals surface area contributed by atoms with E-state index in [1.54, 1.807) is 0 Å². The molecule has 19 heavy (non-hydrogen) atoms. The van der Waals surface area contributed by atoms with E-state index < -0.39 is 0 Å². The summed E-state index contributed by atoms with van der Waals surface area (Å²) < 4.78 is 0. The van der Waals surface area contributed by atoms with Crippen molar-refractivity contribution in [1.82, 2.24) is 9.88 Å². The molecule has 0 amide bonds. The first-order chi connectivity index (χ1) is 9.22. The Kier molecular flexibility index (Phi) is 5.34. The summed E-state index contributed by atoms with van der Waals surface area (Å²) in [6.07, 6.45) is 5.78. The highest BCUT2D eigenvalue weighted by Gasteiger charge is 2.30. The normalized spacial score (nSPS) is 22.6. The van der Waals surface area contributed by atoms with Gasteiger partial charge in [0.2, 0.25) is 0 Å². The van der Waals surface area contributed by atoms with Gasteiger partial charge in [-0.25, -0.2) is 0 Å². The third-order valence-corrected chi connectivity index (χ3v) is 4.05. The fourth-order valence-electron chi connectivity index (χ4n) is 3.24. The van der Waals surface area contributed by atoms with Crippen LogP contribution in [0.2, 0.25) is 0 Å². The van der Waals surface area contributed by atoms with Crippen LogP contribution in [-0.4, -0.2) is 35.6 Å². The molecule has 2 rings (SSSR count). The number of nitrogens with two attached hydrogens (primary N) is 1. The zero-order valence-electron chi connectivity index (χ0n) is 12.3. The van der Waals surface area contributed by atoms with Crippen LogP contribution < -0.4 is 5.73 Å². The number of hydrogen-bond donors (Lipinski definition) is 1. The molecule has 1 aliphatic rings. The van der Waals surface area contributed by atoms with E-state index in [4.69, 9.17) is 5.73 Å². The van der Waals surface area contributed by atoms with E-state index in [-0.39, 0.29) is 0 Å². The predicted octanol–water partition coefficient (Wildman–Crippen LogP) is 2.63. The Balaban J connectivity index is 2.15. The molecule has 2 heterocycles. The SMILES string of the molecule is CC(C)CN1CCCCC1C(CN)c1ccccn1. The van der Waals surface area contributed by atoms with E-state index in [0.29, 0.717) is 24.4 Å². The average Bonchev–Trinajstić information content (AvgIpc) is 2.42. The molecule has 1 saturated heterocycles. The molecule has 1 fully saturated rings. The lowest BCUT2D eigenvalue weighted by Gasteiger charge is -2.40. The van der Waals surface area contributed by atoms with Crippen molar-refractivity contribution in [2.45, 2.75) is 45.1 Å². The van der Waals surface area contributed by atoms with Crippen molar-refractivity contribution in [3.05, 3.63) is 30.1 Å². The molecule has 1 aromatic rings. The summed E-state index contributed by atoms with van der Waals surface area (Å²) in [7, 11) is 0. The van der Waals surface area contributed by atoms with Crippen LogP contribution in [0.3, 0.4) is 0 Å². The average molecular weight is 261 g/mol. The van der Waals surface area contributed by atoms with Gasteiger partial charge in [0.25, 0.3) is 0 Å². The second-order valence-electron chi connectivity index (χ2n) is 6.05. The maximum absolute atomic E-state index is 6.06. The van der Waals surface area contributed by atoms with E-state index in [1.807, 2.05) is 12.3 Å². The summed E-state index contributed by atoms with van der Waals surface area (Å²) in [4.78, 5) is 7.17. The van der Waals surface area contributed by atoms with Crippen molar-refractivity contribution in [3.8, 4) is 0 Å². The molecule has 0 saturated carbocycles. The largest absolute Gasteiger partial charge is 0.330 e. The first-order valence-corrected chi connectivity index (χ1v) is 7.57. The van der Waals surface area contributed by atoms with E-state index >= 15 is 0 Å². The van der Waals surface area contributed by atoms with Gasteiger partial charge in [0, 0.05) is 36.9 Å². The number of nitrogens with zero attached hydrogens (tertiary/aromatic N) is 2. The van der Waals surface area contributed by atoms with Crippen LogP contribution in [0.25, 0.3) is 0 Å². The molecule has 2 unspecified atom stereocenters. The molecule has 3 heteroatoms. The molecule has 2 N–H and O–H groups in total. The third kappa shape index (κ3) is 3.77. The van der Waals surface area contributed by atoms with Crippen molar-refractivity contribution >= 4 is 0 Å². The van der Waals surface area contributed by atoms with E-state index in [9.17, 15) is 0 Å². The Bertz CT molecular complexity index is 364. The summed E-state index contributed by atoms with van der Waals surface area (Å²) >= 11 is 0. The second kappa shape index (κ2) is 7.01. The van der Waals surface area contributed by atoms with Crippen LogP contribution in [0.1, 0.15) is 44.7 Å². The van der Waals surface area contributed by atoms with Crippen LogP contribution >= 0.6 is 0 Å². The molecular weight excluding hydrogens is 234 g/mol. The summed E-state index contributed by atoms with van der Waals surface area (Å²) in [5.41, 5.74) is 7.22. The monoisotopic (exact) mass is 261 g/mol. The summed E-state index contributed by atoms with van der Waals surface area (Å²) in [5.74, 6) is 1.09. The van der Waals surface area contributed by atoms with Crippen molar-refractivity contribution in [2.24, 2.45) is 11.7 Å². The number of rotatable bonds is 5. The Morgan fingerprint density at radius 2 is 2.21 bits per heavy atom. The van der Waals surface area contributed by atoms with E-state index in [2.05, 4.69) is 35.9 Å². The van der Waals surface area contributed by atoms with Gasteiger partial charge in [0.05, 0.1) is 0 Å². The quantitative estimate of drug-likeness (QED) is 0.886. The predicted molar refractivity (Wildman–Crippen MR) is 80.1 cm³/mol. The van der Waals surface area contributed by atoms with Crippen LogP contribution in [0.4, 0.5) is 0 Å². The van der Waals surface area contributed by atoms with Gasteiger partial charge in [-0.3, -0.25) is 9.88 Å². The number of pyridine rings is 1. The van der Waals surface area contributed by atoms with Crippen molar-refractivity contribution < 1.29 is 0 Å². The van der Waals surface area contributed by atoms with Gasteiger partial charge in [-0.2, -0.15) is 0 Å². The minimum Gasteiger partial charge on any atom is -0.330 e. The molecule has 0 aromatic carbocycles. The summed E-state index contributed by atoms with van der Waals surface area (Å²) in [6, 6.07) is 6.74. The minimum absolute atomic E-state index is 0.375. The first-order valence-electron chi connectivity index (χ1n) is 7.57. The fourth-order valence-corrected chi connectivity index (χ4v) is 3.24. The molecular formula is C16H27N3. The fraction of sp³-hybridized carbons (Fsp3) is 0.688. The van der Waals surface area contributed by atoms with Crippen molar-refractivity contribution in [2.75, 3.05) is 19.6 Å². The summed E-state index contributed by atoms with van der Waals surface area (Å²) in [6.45, 7) is 7.67. The molecule has 0 aliphatic carbocycles. The van der Waals surface area contributed by atoms with E-state index in [0.717, 1.165) is 5.69 Å². The highest BCUT2D eigenvalue weighted by molar-refractivity contribution is 5.13. The molecule has 2 atom stereocenters. The van der Waals surface area contributed by atoms with Gasteiger partial charge >= 0.3 is 0 Å². The van der Waals surface area contributed by atoms with Crippen LogP contribution in [0.5, 0.6) is 0 Å². The first kappa shape index (κ1) is 14.5. The van der Waals surface area contributed by atoms with Crippen LogP contribution in [0, 0.1) is 5.92 Å². The Morgan fingerprint density at radius 3 is 2.84 bits per heavy atom. The number of likely N-dealkylation sites (tertiary alicyclic amines) is 1. The number of hydrogen-bond acceptors (Lipinski definition) is 3. The third-order valence-electron chi connectivity index (χ3n) is 4.05. The van der Waals surface area contributed by atoms with Gasteiger partial charge in [-0.1, -0.05) is 26.3 Å². The Hall–Kier alpha value is -0.930. The maximum Gasteiger partial charge on any atom is 0.0462 e. The molecule has 106 valence electrons. The smallest absolute Gasteiger partial charge is 0.0462 e. The molecule has 3 nitrogen and oxygen atoms in total.